The predicted molar refractivity (Wildman–Crippen MR) is 64.4 cm³/mol. The van der Waals surface area contributed by atoms with E-state index >= 15 is 0 Å². The maximum absolute atomic E-state index is 10.6. The largest absolute Gasteiger partial charge is 0.481 e. The summed E-state index contributed by atoms with van der Waals surface area (Å²) in [4.78, 5) is 31.4. The van der Waals surface area contributed by atoms with E-state index in [1.807, 2.05) is 0 Å². The molecule has 6 nitrogen and oxygen atoms in total. The van der Waals surface area contributed by atoms with E-state index in [1.165, 1.54) is 13.8 Å². The van der Waals surface area contributed by atoms with Crippen LogP contribution in [0.25, 0.3) is 0 Å². The van der Waals surface area contributed by atoms with E-state index in [-0.39, 0.29) is 11.6 Å². The zero-order valence-corrected chi connectivity index (χ0v) is 10.4. The number of nitrogens with two attached hydrogens (primary N) is 2. The summed E-state index contributed by atoms with van der Waals surface area (Å²) in [6.07, 6.45) is 1.73. The molecule has 0 spiro atoms. The summed E-state index contributed by atoms with van der Waals surface area (Å²) in [7, 11) is 0. The van der Waals surface area contributed by atoms with Crippen molar-refractivity contribution in [1.29, 1.82) is 0 Å². The van der Waals surface area contributed by atoms with Crippen LogP contribution in [0.4, 0.5) is 0 Å². The van der Waals surface area contributed by atoms with Crippen molar-refractivity contribution < 1.29 is 19.5 Å². The molecule has 17 heavy (non-hydrogen) atoms. The molecule has 6 heteroatoms. The van der Waals surface area contributed by atoms with Gasteiger partial charge in [-0.2, -0.15) is 0 Å². The summed E-state index contributed by atoms with van der Waals surface area (Å²) < 4.78 is 0. The number of carbonyl (C=O) groups is 3. The molecule has 0 aliphatic rings. The van der Waals surface area contributed by atoms with Crippen LogP contribution in [-0.4, -0.2) is 35.7 Å². The number of aliphatic carboxylic acids is 1. The lowest BCUT2D eigenvalue weighted by atomic mass is 9.97. The molecule has 0 fully saturated rings. The Morgan fingerprint density at radius 1 is 1.00 bits per heavy atom. The lowest BCUT2D eigenvalue weighted by Crippen LogP contribution is -2.22. The number of hydrogen-bond acceptors (Lipinski definition) is 5. The fourth-order valence-electron chi connectivity index (χ4n) is 1.04. The van der Waals surface area contributed by atoms with Crippen LogP contribution >= 0.6 is 0 Å². The molecule has 0 aliphatic heterocycles. The molecule has 0 rings (SSSR count). The molecule has 0 radical (unpaired) electrons. The van der Waals surface area contributed by atoms with Gasteiger partial charge in [0.15, 0.2) is 0 Å². The second kappa shape index (κ2) is 11.2. The van der Waals surface area contributed by atoms with Crippen LogP contribution in [0.15, 0.2) is 0 Å². The lowest BCUT2D eigenvalue weighted by Gasteiger charge is -2.04. The smallest absolute Gasteiger partial charge is 0.304 e. The highest BCUT2D eigenvalue weighted by Gasteiger charge is 2.22. The van der Waals surface area contributed by atoms with Crippen LogP contribution in [-0.2, 0) is 14.4 Å². The molecule has 0 saturated heterocycles. The Bertz CT molecular complexity index is 236. The van der Waals surface area contributed by atoms with Crippen LogP contribution in [0.3, 0.4) is 0 Å². The number of unbranched alkanes of at least 4 members (excludes halogenated alkanes) is 1. The lowest BCUT2D eigenvalue weighted by molar-refractivity contribution is -0.143. The summed E-state index contributed by atoms with van der Waals surface area (Å²) in [5.74, 6) is -2.87. The predicted octanol–water partition coefficient (Wildman–Crippen LogP) is -0.0607. The first-order chi connectivity index (χ1) is 7.86. The molecule has 0 amide bonds. The van der Waals surface area contributed by atoms with Gasteiger partial charge < -0.3 is 16.6 Å². The fourth-order valence-corrected chi connectivity index (χ4v) is 1.04. The molecule has 0 aromatic heterocycles. The topological polar surface area (TPSA) is 123 Å². The summed E-state index contributed by atoms with van der Waals surface area (Å²) in [6, 6.07) is 0. The zero-order valence-electron chi connectivity index (χ0n) is 10.4. The molecular weight excluding hydrogens is 224 g/mol. The highest BCUT2D eigenvalue weighted by Crippen LogP contribution is 2.05. The highest BCUT2D eigenvalue weighted by atomic mass is 16.4. The van der Waals surface area contributed by atoms with Crippen molar-refractivity contribution in [2.45, 2.75) is 33.1 Å². The van der Waals surface area contributed by atoms with Crippen molar-refractivity contribution >= 4 is 17.5 Å². The summed E-state index contributed by atoms with van der Waals surface area (Å²) >= 11 is 0. The number of Topliss-reactive ketones (excluding diaryl/α,β-unsaturated/α-hetero) is 2. The van der Waals surface area contributed by atoms with E-state index in [0.717, 1.165) is 25.9 Å². The molecule has 0 bridgehead atoms. The van der Waals surface area contributed by atoms with Gasteiger partial charge in [0.25, 0.3) is 0 Å². The van der Waals surface area contributed by atoms with Gasteiger partial charge in [0.1, 0.15) is 11.6 Å². The third-order valence-electron chi connectivity index (χ3n) is 2.02. The van der Waals surface area contributed by atoms with Gasteiger partial charge in [-0.1, -0.05) is 0 Å². The monoisotopic (exact) mass is 246 g/mol. The van der Waals surface area contributed by atoms with Crippen LogP contribution in [0.1, 0.15) is 33.1 Å². The van der Waals surface area contributed by atoms with Crippen LogP contribution in [0.5, 0.6) is 0 Å². The summed E-state index contributed by atoms with van der Waals surface area (Å²) in [6.45, 7) is 3.98. The molecule has 0 aliphatic carbocycles. The first-order valence-corrected chi connectivity index (χ1v) is 5.49. The molecule has 0 saturated carbocycles. The summed E-state index contributed by atoms with van der Waals surface area (Å²) in [5.41, 5.74) is 10.3. The Balaban J connectivity index is 0. The van der Waals surface area contributed by atoms with Crippen molar-refractivity contribution in [3.8, 4) is 0 Å². The molecule has 0 atom stereocenters. The Kier molecular flexibility index (Phi) is 12.0. The Hall–Kier alpha value is -1.27. The van der Waals surface area contributed by atoms with E-state index in [2.05, 4.69) is 0 Å². The van der Waals surface area contributed by atoms with Crippen molar-refractivity contribution in [3.63, 3.8) is 0 Å². The van der Waals surface area contributed by atoms with Gasteiger partial charge in [-0.25, -0.2) is 0 Å². The fraction of sp³-hybridized carbons (Fsp3) is 0.727. The first-order valence-electron chi connectivity index (χ1n) is 5.49. The maximum Gasteiger partial charge on any atom is 0.304 e. The Labute approximate surface area is 101 Å². The molecule has 0 aromatic rings. The van der Waals surface area contributed by atoms with Crippen LogP contribution < -0.4 is 11.5 Å². The molecule has 0 aromatic carbocycles. The van der Waals surface area contributed by atoms with E-state index in [9.17, 15) is 14.4 Å². The molecule has 0 unspecified atom stereocenters. The second-order valence-corrected chi connectivity index (χ2v) is 3.66. The molecular formula is C11H22N2O4. The van der Waals surface area contributed by atoms with Crippen LogP contribution in [0, 0.1) is 5.92 Å². The van der Waals surface area contributed by atoms with E-state index in [0.29, 0.717) is 0 Å². The van der Waals surface area contributed by atoms with Gasteiger partial charge in [-0.05, 0) is 39.8 Å². The number of carbonyl (C=O) groups excluding carboxylic acids is 2. The third kappa shape index (κ3) is 12.7. The van der Waals surface area contributed by atoms with Gasteiger partial charge in [-0.3, -0.25) is 14.4 Å². The van der Waals surface area contributed by atoms with Gasteiger partial charge >= 0.3 is 5.97 Å². The van der Waals surface area contributed by atoms with Crippen LogP contribution in [0.2, 0.25) is 0 Å². The van der Waals surface area contributed by atoms with Crippen molar-refractivity contribution in [1.82, 2.24) is 0 Å². The van der Waals surface area contributed by atoms with Gasteiger partial charge in [-0.15, -0.1) is 0 Å². The molecule has 5 N–H and O–H groups in total. The molecule has 0 heterocycles. The van der Waals surface area contributed by atoms with Crippen molar-refractivity contribution in [2.75, 3.05) is 13.1 Å². The van der Waals surface area contributed by atoms with E-state index in [1.54, 1.807) is 0 Å². The average molecular weight is 246 g/mol. The first kappa shape index (κ1) is 18.1. The van der Waals surface area contributed by atoms with Gasteiger partial charge in [0.05, 0.1) is 12.3 Å². The van der Waals surface area contributed by atoms with Gasteiger partial charge in [0, 0.05) is 0 Å². The van der Waals surface area contributed by atoms with E-state index < -0.39 is 18.3 Å². The zero-order chi connectivity index (χ0) is 13.8. The average Bonchev–Trinajstić information content (AvgIpc) is 2.23. The van der Waals surface area contributed by atoms with Gasteiger partial charge in [0.2, 0.25) is 0 Å². The maximum atomic E-state index is 10.6. The molecule has 100 valence electrons. The Morgan fingerprint density at radius 2 is 1.35 bits per heavy atom. The number of rotatable bonds is 7. The summed E-state index contributed by atoms with van der Waals surface area (Å²) in [5, 5.41) is 8.28. The van der Waals surface area contributed by atoms with Crippen molar-refractivity contribution in [3.05, 3.63) is 0 Å². The number of carboxylic acid groups (broad SMARTS) is 1. The quantitative estimate of drug-likeness (QED) is 0.427. The number of hydrogen-bond donors (Lipinski definition) is 3. The second-order valence-electron chi connectivity index (χ2n) is 3.66. The minimum absolute atomic E-state index is 0.389. The number of ketones is 2. The van der Waals surface area contributed by atoms with Crippen molar-refractivity contribution in [2.24, 2.45) is 17.4 Å². The minimum atomic E-state index is -1.12. The normalized spacial score (nSPS) is 9.47. The standard InChI is InChI=1S/C7H10O4.C4H12N2/c1-4(8)6(5(2)9)3-7(10)11;5-3-1-2-4-6/h6H,3H2,1-2H3,(H,10,11);1-6H2. The highest BCUT2D eigenvalue weighted by molar-refractivity contribution is 6.02. The van der Waals surface area contributed by atoms with E-state index in [4.69, 9.17) is 16.6 Å². The third-order valence-corrected chi connectivity index (χ3v) is 2.02. The SMILES string of the molecule is CC(=O)C(CC(=O)O)C(C)=O.NCCCCN. The minimum Gasteiger partial charge on any atom is -0.481 e. The number of carboxylic acids is 1. The Morgan fingerprint density at radius 3 is 1.47 bits per heavy atom.